The highest BCUT2D eigenvalue weighted by molar-refractivity contribution is 5.98. The average Bonchev–Trinajstić information content (AvgIpc) is 3.30. The summed E-state index contributed by atoms with van der Waals surface area (Å²) in [6.07, 6.45) is 4.98. The second kappa shape index (κ2) is 5.83. The van der Waals surface area contributed by atoms with Gasteiger partial charge in [-0.05, 0) is 56.8 Å². The average molecular weight is 273 g/mol. The Morgan fingerprint density at radius 3 is 2.75 bits per heavy atom. The highest BCUT2D eigenvalue weighted by Crippen LogP contribution is 2.34. The molecule has 3 rings (SSSR count). The van der Waals surface area contributed by atoms with Gasteiger partial charge in [-0.2, -0.15) is 0 Å². The molecule has 1 atom stereocenters. The van der Waals surface area contributed by atoms with Gasteiger partial charge in [0.2, 0.25) is 0 Å². The summed E-state index contributed by atoms with van der Waals surface area (Å²) in [5.41, 5.74) is 7.21. The van der Waals surface area contributed by atoms with E-state index in [1.807, 2.05) is 24.3 Å². The van der Waals surface area contributed by atoms with Crippen molar-refractivity contribution in [2.24, 2.45) is 11.7 Å². The standard InChI is InChI=1S/C16H23N3O/c17-16(20)14-5-1-2-6-15(14)19(13-7-8-13)11-12-4-3-9-18-10-12/h1-2,5-6,12-13,18H,3-4,7-11H2,(H2,17,20). The fraction of sp³-hybridized carbons (Fsp3) is 0.562. The second-order valence-electron chi connectivity index (χ2n) is 5.98. The molecule has 1 saturated carbocycles. The van der Waals surface area contributed by atoms with Crippen molar-refractivity contribution in [3.8, 4) is 0 Å². The first-order chi connectivity index (χ1) is 9.75. The van der Waals surface area contributed by atoms with Gasteiger partial charge in [-0.3, -0.25) is 4.79 Å². The first-order valence-corrected chi connectivity index (χ1v) is 7.62. The van der Waals surface area contributed by atoms with Crippen LogP contribution < -0.4 is 16.0 Å². The summed E-state index contributed by atoms with van der Waals surface area (Å²) in [4.78, 5) is 14.1. The van der Waals surface area contributed by atoms with E-state index in [0.717, 1.165) is 25.3 Å². The van der Waals surface area contributed by atoms with Crippen molar-refractivity contribution in [2.45, 2.75) is 31.7 Å². The topological polar surface area (TPSA) is 58.4 Å². The molecule has 0 radical (unpaired) electrons. The number of anilines is 1. The molecule has 0 spiro atoms. The Labute approximate surface area is 120 Å². The quantitative estimate of drug-likeness (QED) is 0.859. The van der Waals surface area contributed by atoms with E-state index in [9.17, 15) is 4.79 Å². The van der Waals surface area contributed by atoms with Crippen molar-refractivity contribution in [1.29, 1.82) is 0 Å². The minimum atomic E-state index is -0.326. The number of carbonyl (C=O) groups excluding carboxylic acids is 1. The van der Waals surface area contributed by atoms with Gasteiger partial charge < -0.3 is 16.0 Å². The molecular formula is C16H23N3O. The number of primary amides is 1. The SMILES string of the molecule is NC(=O)c1ccccc1N(CC1CCCNC1)C1CC1. The lowest BCUT2D eigenvalue weighted by molar-refractivity contribution is 0.100. The number of rotatable bonds is 5. The predicted octanol–water partition coefficient (Wildman–Crippen LogP) is 1.75. The molecule has 1 aliphatic heterocycles. The number of para-hydroxylation sites is 1. The number of amides is 1. The van der Waals surface area contributed by atoms with Gasteiger partial charge >= 0.3 is 0 Å². The number of piperidine rings is 1. The zero-order valence-electron chi connectivity index (χ0n) is 11.8. The Balaban J connectivity index is 1.81. The number of nitrogens with two attached hydrogens (primary N) is 1. The Morgan fingerprint density at radius 2 is 2.10 bits per heavy atom. The normalized spacial score (nSPS) is 22.5. The molecule has 20 heavy (non-hydrogen) atoms. The van der Waals surface area contributed by atoms with Crippen LogP contribution in [0.3, 0.4) is 0 Å². The summed E-state index contributed by atoms with van der Waals surface area (Å²) in [7, 11) is 0. The molecule has 2 aliphatic rings. The summed E-state index contributed by atoms with van der Waals surface area (Å²) >= 11 is 0. The monoisotopic (exact) mass is 273 g/mol. The molecule has 2 fully saturated rings. The van der Waals surface area contributed by atoms with E-state index in [4.69, 9.17) is 5.73 Å². The van der Waals surface area contributed by atoms with Crippen LogP contribution in [-0.2, 0) is 0 Å². The van der Waals surface area contributed by atoms with Gasteiger partial charge in [-0.25, -0.2) is 0 Å². The molecule has 1 aromatic rings. The van der Waals surface area contributed by atoms with Crippen LogP contribution in [0.25, 0.3) is 0 Å². The summed E-state index contributed by atoms with van der Waals surface area (Å²) in [5, 5.41) is 3.47. The van der Waals surface area contributed by atoms with Crippen molar-refractivity contribution in [3.05, 3.63) is 29.8 Å². The zero-order valence-corrected chi connectivity index (χ0v) is 11.8. The van der Waals surface area contributed by atoms with Crippen LogP contribution in [0.2, 0.25) is 0 Å². The largest absolute Gasteiger partial charge is 0.368 e. The van der Waals surface area contributed by atoms with Gasteiger partial charge in [0.25, 0.3) is 5.91 Å². The van der Waals surface area contributed by atoms with Crippen LogP contribution >= 0.6 is 0 Å². The van der Waals surface area contributed by atoms with E-state index in [1.165, 1.54) is 25.7 Å². The minimum Gasteiger partial charge on any atom is -0.368 e. The smallest absolute Gasteiger partial charge is 0.250 e. The van der Waals surface area contributed by atoms with Crippen molar-refractivity contribution < 1.29 is 4.79 Å². The summed E-state index contributed by atoms with van der Waals surface area (Å²) in [6, 6.07) is 8.35. The molecule has 108 valence electrons. The van der Waals surface area contributed by atoms with Crippen molar-refractivity contribution in [3.63, 3.8) is 0 Å². The van der Waals surface area contributed by atoms with Gasteiger partial charge in [0.15, 0.2) is 0 Å². The number of nitrogens with zero attached hydrogens (tertiary/aromatic N) is 1. The zero-order chi connectivity index (χ0) is 13.9. The van der Waals surface area contributed by atoms with Gasteiger partial charge in [0.05, 0.1) is 5.56 Å². The van der Waals surface area contributed by atoms with Crippen LogP contribution in [0, 0.1) is 5.92 Å². The van der Waals surface area contributed by atoms with Gasteiger partial charge in [-0.15, -0.1) is 0 Å². The number of carbonyl (C=O) groups is 1. The van der Waals surface area contributed by atoms with Crippen LogP contribution in [-0.4, -0.2) is 31.6 Å². The highest BCUT2D eigenvalue weighted by Gasteiger charge is 2.32. The van der Waals surface area contributed by atoms with E-state index in [2.05, 4.69) is 10.2 Å². The van der Waals surface area contributed by atoms with Gasteiger partial charge in [-0.1, -0.05) is 12.1 Å². The fourth-order valence-corrected chi connectivity index (χ4v) is 3.12. The lowest BCUT2D eigenvalue weighted by Crippen LogP contribution is -2.40. The molecular weight excluding hydrogens is 250 g/mol. The van der Waals surface area contributed by atoms with E-state index < -0.39 is 0 Å². The van der Waals surface area contributed by atoms with Gasteiger partial charge in [0.1, 0.15) is 0 Å². The Kier molecular flexibility index (Phi) is 3.92. The molecule has 1 aliphatic carbocycles. The van der Waals surface area contributed by atoms with E-state index in [1.54, 1.807) is 0 Å². The number of benzene rings is 1. The van der Waals surface area contributed by atoms with Crippen molar-refractivity contribution in [1.82, 2.24) is 5.32 Å². The molecule has 4 heteroatoms. The van der Waals surface area contributed by atoms with E-state index in [-0.39, 0.29) is 5.91 Å². The maximum absolute atomic E-state index is 11.6. The molecule has 1 amide bonds. The molecule has 0 bridgehead atoms. The maximum atomic E-state index is 11.6. The Bertz CT molecular complexity index is 478. The first-order valence-electron chi connectivity index (χ1n) is 7.62. The summed E-state index contributed by atoms with van der Waals surface area (Å²) in [6.45, 7) is 3.25. The van der Waals surface area contributed by atoms with E-state index in [0.29, 0.717) is 17.5 Å². The third kappa shape index (κ3) is 2.96. The first kappa shape index (κ1) is 13.4. The van der Waals surface area contributed by atoms with Crippen LogP contribution in [0.1, 0.15) is 36.0 Å². The van der Waals surface area contributed by atoms with Crippen LogP contribution in [0.15, 0.2) is 24.3 Å². The van der Waals surface area contributed by atoms with Crippen molar-refractivity contribution >= 4 is 11.6 Å². The van der Waals surface area contributed by atoms with Crippen molar-refractivity contribution in [2.75, 3.05) is 24.5 Å². The lowest BCUT2D eigenvalue weighted by Gasteiger charge is -2.32. The van der Waals surface area contributed by atoms with Crippen LogP contribution in [0.5, 0.6) is 0 Å². The van der Waals surface area contributed by atoms with E-state index >= 15 is 0 Å². The maximum Gasteiger partial charge on any atom is 0.250 e. The van der Waals surface area contributed by atoms with Gasteiger partial charge in [0, 0.05) is 18.3 Å². The third-order valence-corrected chi connectivity index (χ3v) is 4.32. The lowest BCUT2D eigenvalue weighted by atomic mass is 9.98. The summed E-state index contributed by atoms with van der Waals surface area (Å²) < 4.78 is 0. The summed E-state index contributed by atoms with van der Waals surface area (Å²) in [5.74, 6) is 0.346. The molecule has 1 unspecified atom stereocenters. The molecule has 1 saturated heterocycles. The Morgan fingerprint density at radius 1 is 1.30 bits per heavy atom. The predicted molar refractivity (Wildman–Crippen MR) is 80.9 cm³/mol. The highest BCUT2D eigenvalue weighted by atomic mass is 16.1. The number of hydrogen-bond donors (Lipinski definition) is 2. The molecule has 1 heterocycles. The fourth-order valence-electron chi connectivity index (χ4n) is 3.12. The second-order valence-corrected chi connectivity index (χ2v) is 5.98. The molecule has 1 aromatic carbocycles. The van der Waals surface area contributed by atoms with Crippen LogP contribution in [0.4, 0.5) is 5.69 Å². The number of hydrogen-bond acceptors (Lipinski definition) is 3. The molecule has 4 nitrogen and oxygen atoms in total. The Hall–Kier alpha value is -1.55. The molecule has 0 aromatic heterocycles. The number of nitrogens with one attached hydrogen (secondary N) is 1. The molecule has 3 N–H and O–H groups in total. The minimum absolute atomic E-state index is 0.326. The third-order valence-electron chi connectivity index (χ3n) is 4.32.